The van der Waals surface area contributed by atoms with Crippen LogP contribution in [0.15, 0.2) is 18.2 Å². The molecule has 0 aliphatic heterocycles. The summed E-state index contributed by atoms with van der Waals surface area (Å²) < 4.78 is 51.9. The van der Waals surface area contributed by atoms with Gasteiger partial charge in [-0.2, -0.15) is 8.42 Å². The zero-order chi connectivity index (χ0) is 16.3. The Morgan fingerprint density at radius 1 is 1.33 bits per heavy atom. The van der Waals surface area contributed by atoms with E-state index in [9.17, 15) is 21.5 Å². The first-order chi connectivity index (χ1) is 9.46. The number of carbonyl (C=O) groups is 1. The third kappa shape index (κ3) is 7.03. The van der Waals surface area contributed by atoms with Gasteiger partial charge >= 0.3 is 16.3 Å². The van der Waals surface area contributed by atoms with E-state index in [4.69, 9.17) is 4.74 Å². The third-order valence-electron chi connectivity index (χ3n) is 2.31. The van der Waals surface area contributed by atoms with Crippen LogP contribution in [0.3, 0.4) is 0 Å². The van der Waals surface area contributed by atoms with Gasteiger partial charge in [-0.05, 0) is 44.9 Å². The third-order valence-corrected chi connectivity index (χ3v) is 3.01. The maximum Gasteiger partial charge on any atom is 0.412 e. The second-order valence-corrected chi connectivity index (χ2v) is 6.91. The van der Waals surface area contributed by atoms with E-state index < -0.39 is 33.5 Å². The maximum absolute atomic E-state index is 13.7. The van der Waals surface area contributed by atoms with Crippen molar-refractivity contribution in [2.24, 2.45) is 0 Å². The number of benzene rings is 1. The van der Waals surface area contributed by atoms with Gasteiger partial charge in [0.2, 0.25) is 0 Å². The smallest absolute Gasteiger partial charge is 0.412 e. The summed E-state index contributed by atoms with van der Waals surface area (Å²) in [6.07, 6.45) is -1.02. The Balaban J connectivity index is 2.72. The average Bonchev–Trinajstić information content (AvgIpc) is 2.23. The molecule has 21 heavy (non-hydrogen) atoms. The van der Waals surface area contributed by atoms with Crippen LogP contribution in [0.2, 0.25) is 0 Å². The SMILES string of the molecule is CC(C)(C)OC(=O)Nc1ccc(CCS(=O)(=O)F)c(F)c1. The monoisotopic (exact) mass is 321 g/mol. The number of halogens is 2. The lowest BCUT2D eigenvalue weighted by atomic mass is 10.1. The first-order valence-corrected chi connectivity index (χ1v) is 7.72. The summed E-state index contributed by atoms with van der Waals surface area (Å²) in [4.78, 5) is 11.5. The van der Waals surface area contributed by atoms with Crippen molar-refractivity contribution in [3.05, 3.63) is 29.6 Å². The molecule has 1 N–H and O–H groups in total. The van der Waals surface area contributed by atoms with E-state index in [2.05, 4.69) is 5.32 Å². The predicted octanol–water partition coefficient (Wildman–Crippen LogP) is 3.01. The molecular weight excluding hydrogens is 304 g/mol. The summed E-state index contributed by atoms with van der Waals surface area (Å²) in [7, 11) is -4.64. The van der Waals surface area contributed by atoms with E-state index in [1.165, 1.54) is 12.1 Å². The molecule has 0 aliphatic rings. The van der Waals surface area contributed by atoms with Crippen molar-refractivity contribution in [1.82, 2.24) is 0 Å². The Kier molecular flexibility index (Phi) is 5.27. The topological polar surface area (TPSA) is 72.5 Å². The first kappa shape index (κ1) is 17.4. The molecule has 1 aromatic rings. The normalized spacial score (nSPS) is 12.0. The molecule has 118 valence electrons. The lowest BCUT2D eigenvalue weighted by Gasteiger charge is -2.19. The predicted molar refractivity (Wildman–Crippen MR) is 74.9 cm³/mol. The highest BCUT2D eigenvalue weighted by molar-refractivity contribution is 7.86. The van der Waals surface area contributed by atoms with E-state index in [1.807, 2.05) is 0 Å². The molecule has 8 heteroatoms. The van der Waals surface area contributed by atoms with Crippen molar-refractivity contribution < 1.29 is 26.2 Å². The molecule has 0 atom stereocenters. The zero-order valence-corrected chi connectivity index (χ0v) is 12.8. The Hall–Kier alpha value is -1.70. The number of rotatable bonds is 4. The van der Waals surface area contributed by atoms with Gasteiger partial charge in [-0.1, -0.05) is 6.07 Å². The Bertz CT molecular complexity index is 624. The van der Waals surface area contributed by atoms with Crippen molar-refractivity contribution in [3.63, 3.8) is 0 Å². The molecule has 0 bridgehead atoms. The molecule has 1 amide bonds. The standard InChI is InChI=1S/C13H17F2NO4S/c1-13(2,3)20-12(17)16-10-5-4-9(11(14)8-10)6-7-21(15,18)19/h4-5,8H,6-7H2,1-3H3,(H,16,17). The van der Waals surface area contributed by atoms with Crippen LogP contribution in [0, 0.1) is 5.82 Å². The minimum absolute atomic E-state index is 0.0472. The van der Waals surface area contributed by atoms with Crippen molar-refractivity contribution in [3.8, 4) is 0 Å². The molecule has 0 radical (unpaired) electrons. The van der Waals surface area contributed by atoms with Gasteiger partial charge in [-0.3, -0.25) is 5.32 Å². The summed E-state index contributed by atoms with van der Waals surface area (Å²) in [5.74, 6) is -1.52. The number of carbonyl (C=O) groups excluding carboxylic acids is 1. The molecule has 0 saturated heterocycles. The number of amides is 1. The molecule has 1 aromatic carbocycles. The van der Waals surface area contributed by atoms with Gasteiger partial charge in [0.25, 0.3) is 0 Å². The number of ether oxygens (including phenoxy) is 1. The fourth-order valence-electron chi connectivity index (χ4n) is 1.48. The second-order valence-electron chi connectivity index (χ2n) is 5.43. The number of nitrogens with one attached hydrogen (secondary N) is 1. The van der Waals surface area contributed by atoms with Crippen molar-refractivity contribution in [1.29, 1.82) is 0 Å². The van der Waals surface area contributed by atoms with Crippen molar-refractivity contribution >= 4 is 22.0 Å². The zero-order valence-electron chi connectivity index (χ0n) is 11.9. The van der Waals surface area contributed by atoms with Crippen LogP contribution < -0.4 is 5.32 Å². The number of hydrogen-bond acceptors (Lipinski definition) is 4. The highest BCUT2D eigenvalue weighted by Crippen LogP contribution is 2.17. The fourth-order valence-corrected chi connectivity index (χ4v) is 1.94. The van der Waals surface area contributed by atoms with E-state index >= 15 is 0 Å². The van der Waals surface area contributed by atoms with Crippen molar-refractivity contribution in [2.75, 3.05) is 11.1 Å². The molecule has 0 heterocycles. The highest BCUT2D eigenvalue weighted by Gasteiger charge is 2.17. The van der Waals surface area contributed by atoms with Gasteiger partial charge < -0.3 is 4.74 Å². The molecule has 0 aliphatic carbocycles. The molecule has 1 rings (SSSR count). The van der Waals surface area contributed by atoms with Gasteiger partial charge in [-0.15, -0.1) is 3.89 Å². The van der Waals surface area contributed by atoms with E-state index in [0.717, 1.165) is 6.07 Å². The summed E-state index contributed by atoms with van der Waals surface area (Å²) in [5, 5.41) is 2.35. The van der Waals surface area contributed by atoms with E-state index in [1.54, 1.807) is 20.8 Å². The minimum Gasteiger partial charge on any atom is -0.444 e. The second kappa shape index (κ2) is 6.38. The van der Waals surface area contributed by atoms with Crippen molar-refractivity contribution in [2.45, 2.75) is 32.8 Å². The fraction of sp³-hybridized carbons (Fsp3) is 0.462. The lowest BCUT2D eigenvalue weighted by molar-refractivity contribution is 0.0636. The van der Waals surface area contributed by atoms with Gasteiger partial charge in [0, 0.05) is 5.69 Å². The quantitative estimate of drug-likeness (QED) is 0.865. The van der Waals surface area contributed by atoms with Crippen LogP contribution >= 0.6 is 0 Å². The summed E-state index contributed by atoms with van der Waals surface area (Å²) in [6, 6.07) is 3.69. The summed E-state index contributed by atoms with van der Waals surface area (Å²) >= 11 is 0. The Morgan fingerprint density at radius 2 is 1.95 bits per heavy atom. The first-order valence-electron chi connectivity index (χ1n) is 6.17. The molecule has 0 fully saturated rings. The largest absolute Gasteiger partial charge is 0.444 e. The lowest BCUT2D eigenvalue weighted by Crippen LogP contribution is -2.27. The molecule has 0 unspecified atom stereocenters. The van der Waals surface area contributed by atoms with Crippen LogP contribution in [0.5, 0.6) is 0 Å². The highest BCUT2D eigenvalue weighted by atomic mass is 32.3. The van der Waals surface area contributed by atoms with Gasteiger partial charge in [0.15, 0.2) is 0 Å². The van der Waals surface area contributed by atoms with Crippen LogP contribution in [0.4, 0.5) is 18.8 Å². The molecule has 0 saturated carbocycles. The number of anilines is 1. The van der Waals surface area contributed by atoms with Gasteiger partial charge in [-0.25, -0.2) is 9.18 Å². The van der Waals surface area contributed by atoms with Gasteiger partial charge in [0.1, 0.15) is 11.4 Å². The van der Waals surface area contributed by atoms with Crippen LogP contribution in [0.1, 0.15) is 26.3 Å². The minimum atomic E-state index is -4.64. The molecule has 0 aromatic heterocycles. The number of aryl methyl sites for hydroxylation is 1. The van der Waals surface area contributed by atoms with Crippen LogP contribution in [0.25, 0.3) is 0 Å². The van der Waals surface area contributed by atoms with E-state index in [-0.39, 0.29) is 17.7 Å². The molecular formula is C13H17F2NO4S. The Labute approximate surface area is 122 Å². The van der Waals surface area contributed by atoms with Gasteiger partial charge in [0.05, 0.1) is 5.75 Å². The molecule has 0 spiro atoms. The maximum atomic E-state index is 13.7. The summed E-state index contributed by atoms with van der Waals surface area (Å²) in [6.45, 7) is 5.06. The van der Waals surface area contributed by atoms with Crippen LogP contribution in [-0.2, 0) is 21.4 Å². The van der Waals surface area contributed by atoms with Crippen LogP contribution in [-0.4, -0.2) is 25.9 Å². The summed E-state index contributed by atoms with van der Waals surface area (Å²) in [5.41, 5.74) is -0.475. The number of hydrogen-bond donors (Lipinski definition) is 1. The average molecular weight is 321 g/mol. The molecule has 5 nitrogen and oxygen atoms in total. The van der Waals surface area contributed by atoms with E-state index in [0.29, 0.717) is 0 Å². The Morgan fingerprint density at radius 3 is 2.43 bits per heavy atom.